The second-order valence-corrected chi connectivity index (χ2v) is 5.93. The predicted molar refractivity (Wildman–Crippen MR) is 76.9 cm³/mol. The Labute approximate surface area is 115 Å². The summed E-state index contributed by atoms with van der Waals surface area (Å²) in [5, 5.41) is 3.80. The maximum absolute atomic E-state index is 6.23. The highest BCUT2D eigenvalue weighted by molar-refractivity contribution is 5.37. The van der Waals surface area contributed by atoms with E-state index in [9.17, 15) is 0 Å². The Kier molecular flexibility index (Phi) is 3.87. The normalized spacial score (nSPS) is 29.2. The fourth-order valence-corrected chi connectivity index (χ4v) is 3.50. The molecule has 19 heavy (non-hydrogen) atoms. The maximum Gasteiger partial charge on any atom is 0.0469 e. The molecule has 1 aliphatic carbocycles. The van der Waals surface area contributed by atoms with Gasteiger partial charge in [0.1, 0.15) is 0 Å². The lowest BCUT2D eigenvalue weighted by molar-refractivity contribution is 0.0543. The molecule has 1 aromatic carbocycles. The topological polar surface area (TPSA) is 47.3 Å². The van der Waals surface area contributed by atoms with Gasteiger partial charge in [-0.3, -0.25) is 0 Å². The molecule has 0 bridgehead atoms. The summed E-state index contributed by atoms with van der Waals surface area (Å²) < 4.78 is 5.45. The molecule has 0 amide bonds. The molecule has 104 valence electrons. The van der Waals surface area contributed by atoms with Gasteiger partial charge in [-0.15, -0.1) is 0 Å². The van der Waals surface area contributed by atoms with E-state index >= 15 is 0 Å². The summed E-state index contributed by atoms with van der Waals surface area (Å²) in [5.41, 5.74) is 8.95. The largest absolute Gasteiger partial charge is 0.381 e. The van der Waals surface area contributed by atoms with Crippen LogP contribution in [0.1, 0.15) is 49.4 Å². The first kappa shape index (κ1) is 13.1. The van der Waals surface area contributed by atoms with Crippen LogP contribution in [0.25, 0.3) is 0 Å². The molecular weight excluding hydrogens is 236 g/mol. The third-order valence-corrected chi connectivity index (χ3v) is 4.70. The molecule has 0 aromatic heterocycles. The van der Waals surface area contributed by atoms with Gasteiger partial charge in [-0.2, -0.15) is 0 Å². The van der Waals surface area contributed by atoms with Crippen LogP contribution in [0.3, 0.4) is 0 Å². The Morgan fingerprint density at radius 1 is 1.21 bits per heavy atom. The molecule has 1 saturated heterocycles. The molecule has 0 radical (unpaired) electrons. The van der Waals surface area contributed by atoms with Crippen LogP contribution < -0.4 is 11.1 Å². The van der Waals surface area contributed by atoms with E-state index in [-0.39, 0.29) is 6.04 Å². The predicted octanol–water partition coefficient (Wildman–Crippen LogP) is 2.54. The van der Waals surface area contributed by atoms with Crippen LogP contribution >= 0.6 is 0 Å². The fraction of sp³-hybridized carbons (Fsp3) is 0.625. The standard InChI is InChI=1S/C16H24N2O/c1-11(12-6-8-19-9-7-12)18-16-10-15(17)13-4-2-3-5-14(13)16/h2-5,11-12,15-16,18H,6-10,17H2,1H3. The van der Waals surface area contributed by atoms with E-state index in [0.29, 0.717) is 12.1 Å². The number of benzene rings is 1. The van der Waals surface area contributed by atoms with E-state index in [1.807, 2.05) is 0 Å². The number of rotatable bonds is 3. The molecule has 3 atom stereocenters. The van der Waals surface area contributed by atoms with Crippen molar-refractivity contribution in [2.45, 2.75) is 44.3 Å². The molecule has 0 saturated carbocycles. The average Bonchev–Trinajstić information content (AvgIpc) is 2.77. The van der Waals surface area contributed by atoms with Crippen LogP contribution in [0, 0.1) is 5.92 Å². The van der Waals surface area contributed by atoms with Gasteiger partial charge >= 0.3 is 0 Å². The second-order valence-electron chi connectivity index (χ2n) is 5.93. The van der Waals surface area contributed by atoms with Crippen molar-refractivity contribution < 1.29 is 4.74 Å². The van der Waals surface area contributed by atoms with Crippen LogP contribution in [0.5, 0.6) is 0 Å². The van der Waals surface area contributed by atoms with Crippen LogP contribution in [-0.4, -0.2) is 19.3 Å². The van der Waals surface area contributed by atoms with Gasteiger partial charge in [-0.25, -0.2) is 0 Å². The number of hydrogen-bond donors (Lipinski definition) is 2. The van der Waals surface area contributed by atoms with Crippen molar-refractivity contribution in [3.8, 4) is 0 Å². The molecule has 3 unspecified atom stereocenters. The minimum Gasteiger partial charge on any atom is -0.381 e. The zero-order valence-corrected chi connectivity index (χ0v) is 11.6. The highest BCUT2D eigenvalue weighted by Crippen LogP contribution is 2.37. The van der Waals surface area contributed by atoms with Crippen LogP contribution in [0.4, 0.5) is 0 Å². The van der Waals surface area contributed by atoms with Gasteiger partial charge in [0.25, 0.3) is 0 Å². The highest BCUT2D eigenvalue weighted by atomic mass is 16.5. The van der Waals surface area contributed by atoms with Gasteiger partial charge < -0.3 is 15.8 Å². The van der Waals surface area contributed by atoms with Crippen LogP contribution in [-0.2, 0) is 4.74 Å². The molecule has 3 rings (SSSR count). The summed E-state index contributed by atoms with van der Waals surface area (Å²) in [6.07, 6.45) is 3.37. The zero-order chi connectivity index (χ0) is 13.2. The second kappa shape index (κ2) is 5.61. The third kappa shape index (κ3) is 2.69. The van der Waals surface area contributed by atoms with E-state index < -0.39 is 0 Å². The molecule has 3 nitrogen and oxygen atoms in total. The first-order chi connectivity index (χ1) is 9.25. The van der Waals surface area contributed by atoms with Crippen LogP contribution in [0.2, 0.25) is 0 Å². The van der Waals surface area contributed by atoms with E-state index in [1.54, 1.807) is 0 Å². The summed E-state index contributed by atoms with van der Waals surface area (Å²) >= 11 is 0. The number of hydrogen-bond acceptors (Lipinski definition) is 3. The SMILES string of the molecule is CC(NC1CC(N)c2ccccc21)C1CCOCC1. The number of ether oxygens (including phenoxy) is 1. The molecule has 3 N–H and O–H groups in total. The average molecular weight is 260 g/mol. The Morgan fingerprint density at radius 3 is 2.63 bits per heavy atom. The van der Waals surface area contributed by atoms with Gasteiger partial charge in [0.05, 0.1) is 0 Å². The van der Waals surface area contributed by atoms with Crippen molar-refractivity contribution in [1.82, 2.24) is 5.32 Å². The molecule has 0 spiro atoms. The minimum absolute atomic E-state index is 0.190. The zero-order valence-electron chi connectivity index (χ0n) is 11.6. The Balaban J connectivity index is 1.67. The molecular formula is C16H24N2O. The summed E-state index contributed by atoms with van der Waals surface area (Å²) in [7, 11) is 0. The number of nitrogens with one attached hydrogen (secondary N) is 1. The Morgan fingerprint density at radius 2 is 1.89 bits per heavy atom. The summed E-state index contributed by atoms with van der Waals surface area (Å²) in [5.74, 6) is 0.734. The first-order valence-electron chi connectivity index (χ1n) is 7.44. The van der Waals surface area contributed by atoms with E-state index in [1.165, 1.54) is 24.0 Å². The monoisotopic (exact) mass is 260 g/mol. The van der Waals surface area contributed by atoms with Crippen LogP contribution in [0.15, 0.2) is 24.3 Å². The van der Waals surface area contributed by atoms with Crippen molar-refractivity contribution in [1.29, 1.82) is 0 Å². The number of nitrogens with two attached hydrogens (primary N) is 1. The summed E-state index contributed by atoms with van der Waals surface area (Å²) in [6, 6.07) is 9.73. The Bertz CT molecular complexity index is 429. The molecule has 3 heteroatoms. The van der Waals surface area contributed by atoms with Gasteiger partial charge in [-0.05, 0) is 43.2 Å². The summed E-state index contributed by atoms with van der Waals surface area (Å²) in [4.78, 5) is 0. The Hall–Kier alpha value is -0.900. The van der Waals surface area contributed by atoms with Crippen molar-refractivity contribution in [2.75, 3.05) is 13.2 Å². The van der Waals surface area contributed by atoms with Crippen molar-refractivity contribution in [2.24, 2.45) is 11.7 Å². The lowest BCUT2D eigenvalue weighted by atomic mass is 9.92. The minimum atomic E-state index is 0.190. The lowest BCUT2D eigenvalue weighted by Gasteiger charge is -2.31. The maximum atomic E-state index is 6.23. The molecule has 1 aromatic rings. The first-order valence-corrected chi connectivity index (χ1v) is 7.44. The molecule has 2 aliphatic rings. The molecule has 1 aliphatic heterocycles. The molecule has 1 fully saturated rings. The van der Waals surface area contributed by atoms with Crippen molar-refractivity contribution in [3.05, 3.63) is 35.4 Å². The van der Waals surface area contributed by atoms with Gasteiger partial charge in [0.15, 0.2) is 0 Å². The van der Waals surface area contributed by atoms with Gasteiger partial charge in [0, 0.05) is 31.3 Å². The van der Waals surface area contributed by atoms with Crippen molar-refractivity contribution in [3.63, 3.8) is 0 Å². The lowest BCUT2D eigenvalue weighted by Crippen LogP contribution is -2.38. The molecule has 1 heterocycles. The van der Waals surface area contributed by atoms with E-state index in [2.05, 4.69) is 36.5 Å². The smallest absolute Gasteiger partial charge is 0.0469 e. The van der Waals surface area contributed by atoms with E-state index in [0.717, 1.165) is 25.6 Å². The van der Waals surface area contributed by atoms with Crippen molar-refractivity contribution >= 4 is 0 Å². The third-order valence-electron chi connectivity index (χ3n) is 4.70. The number of fused-ring (bicyclic) bond motifs is 1. The highest BCUT2D eigenvalue weighted by Gasteiger charge is 2.30. The van der Waals surface area contributed by atoms with Gasteiger partial charge in [-0.1, -0.05) is 24.3 Å². The quantitative estimate of drug-likeness (QED) is 0.878. The summed E-state index contributed by atoms with van der Waals surface area (Å²) in [6.45, 7) is 4.14. The van der Waals surface area contributed by atoms with Gasteiger partial charge in [0.2, 0.25) is 0 Å². The van der Waals surface area contributed by atoms with E-state index in [4.69, 9.17) is 10.5 Å². The fourth-order valence-electron chi connectivity index (χ4n) is 3.50.